The Bertz CT molecular complexity index is 412. The van der Waals surface area contributed by atoms with Crippen LogP contribution in [0.5, 0.6) is 0 Å². The number of carboxylic acid groups (broad SMARTS) is 1. The number of carboxylic acids is 1. The van der Waals surface area contributed by atoms with Gasteiger partial charge in [0.05, 0.1) is 6.42 Å². The predicted molar refractivity (Wildman–Crippen MR) is 74.1 cm³/mol. The molecule has 0 spiro atoms. The van der Waals surface area contributed by atoms with Gasteiger partial charge in [0.1, 0.15) is 0 Å². The van der Waals surface area contributed by atoms with Gasteiger partial charge in [0, 0.05) is 4.83 Å². The molecule has 17 heavy (non-hydrogen) atoms. The van der Waals surface area contributed by atoms with E-state index in [0.717, 1.165) is 6.42 Å². The Hall–Kier alpha value is -0.830. The molecule has 0 aliphatic carbocycles. The van der Waals surface area contributed by atoms with Crippen molar-refractivity contribution in [1.82, 2.24) is 0 Å². The second kappa shape index (κ2) is 5.67. The molecule has 0 radical (unpaired) electrons. The van der Waals surface area contributed by atoms with E-state index in [0.29, 0.717) is 0 Å². The number of aliphatic carboxylic acids is 1. The van der Waals surface area contributed by atoms with E-state index in [2.05, 4.69) is 49.7 Å². The summed E-state index contributed by atoms with van der Waals surface area (Å²) in [6.07, 6.45) is 0.929. The number of halogens is 1. The fraction of sp³-hybridized carbons (Fsp3) is 0.500. The molecule has 1 aromatic carbocycles. The van der Waals surface area contributed by atoms with Crippen LogP contribution in [-0.2, 0) is 11.2 Å². The number of benzene rings is 1. The second-order valence-electron chi connectivity index (χ2n) is 4.64. The summed E-state index contributed by atoms with van der Waals surface area (Å²) in [7, 11) is 0. The Kier molecular flexibility index (Phi) is 4.75. The summed E-state index contributed by atoms with van der Waals surface area (Å²) >= 11 is 3.45. The van der Waals surface area contributed by atoms with E-state index in [1.807, 2.05) is 0 Å². The fourth-order valence-electron chi connectivity index (χ4n) is 2.09. The molecule has 1 atom stereocenters. The molecule has 0 aliphatic heterocycles. The number of aryl methyl sites for hydroxylation is 2. The van der Waals surface area contributed by atoms with Gasteiger partial charge in [0.2, 0.25) is 0 Å². The summed E-state index contributed by atoms with van der Waals surface area (Å²) in [4.78, 5) is 10.7. The third-order valence-electron chi connectivity index (χ3n) is 3.34. The summed E-state index contributed by atoms with van der Waals surface area (Å²) < 4.78 is 0. The maximum atomic E-state index is 10.7. The molecule has 0 fully saturated rings. The molecule has 0 saturated heterocycles. The summed E-state index contributed by atoms with van der Waals surface area (Å²) in [6.45, 7) is 8.42. The van der Waals surface area contributed by atoms with E-state index in [4.69, 9.17) is 5.11 Å². The van der Waals surface area contributed by atoms with Crippen molar-refractivity contribution in [2.24, 2.45) is 0 Å². The van der Waals surface area contributed by atoms with Crippen LogP contribution in [0.1, 0.15) is 34.2 Å². The first-order valence-corrected chi connectivity index (χ1v) is 6.66. The zero-order valence-corrected chi connectivity index (χ0v) is 12.4. The highest BCUT2D eigenvalue weighted by molar-refractivity contribution is 9.09. The van der Waals surface area contributed by atoms with Crippen molar-refractivity contribution in [2.75, 3.05) is 0 Å². The minimum atomic E-state index is -0.758. The average Bonchev–Trinajstić information content (AvgIpc) is 2.20. The lowest BCUT2D eigenvalue weighted by Gasteiger charge is -2.17. The highest BCUT2D eigenvalue weighted by Crippen LogP contribution is 2.25. The van der Waals surface area contributed by atoms with E-state index in [1.165, 1.54) is 27.8 Å². The topological polar surface area (TPSA) is 37.3 Å². The Morgan fingerprint density at radius 3 is 2.12 bits per heavy atom. The smallest absolute Gasteiger partial charge is 0.304 e. The van der Waals surface area contributed by atoms with Crippen LogP contribution in [0.15, 0.2) is 6.07 Å². The Balaban J connectivity index is 3.01. The molecular weight excluding hydrogens is 280 g/mol. The van der Waals surface area contributed by atoms with Crippen molar-refractivity contribution < 1.29 is 9.90 Å². The van der Waals surface area contributed by atoms with Crippen molar-refractivity contribution in [1.29, 1.82) is 0 Å². The van der Waals surface area contributed by atoms with Crippen LogP contribution >= 0.6 is 15.9 Å². The molecule has 0 heterocycles. The quantitative estimate of drug-likeness (QED) is 0.861. The largest absolute Gasteiger partial charge is 0.481 e. The van der Waals surface area contributed by atoms with Gasteiger partial charge in [-0.1, -0.05) is 22.0 Å². The molecule has 1 N–H and O–H groups in total. The summed E-state index contributed by atoms with van der Waals surface area (Å²) in [5.41, 5.74) is 6.40. The minimum Gasteiger partial charge on any atom is -0.481 e. The zero-order valence-electron chi connectivity index (χ0n) is 10.8. The van der Waals surface area contributed by atoms with Gasteiger partial charge in [0.25, 0.3) is 0 Å². The molecule has 1 aromatic rings. The number of hydrogen-bond donors (Lipinski definition) is 1. The summed E-state index contributed by atoms with van der Waals surface area (Å²) in [5.74, 6) is -0.758. The lowest BCUT2D eigenvalue weighted by molar-refractivity contribution is -0.136. The van der Waals surface area contributed by atoms with E-state index in [1.54, 1.807) is 0 Å². The van der Waals surface area contributed by atoms with Gasteiger partial charge in [0.15, 0.2) is 0 Å². The molecule has 0 bridgehead atoms. The number of carbonyl (C=O) groups is 1. The molecule has 0 aromatic heterocycles. The van der Waals surface area contributed by atoms with Crippen molar-refractivity contribution in [2.45, 2.75) is 45.4 Å². The molecule has 0 aliphatic rings. The molecule has 94 valence electrons. The van der Waals surface area contributed by atoms with Crippen LogP contribution in [0.4, 0.5) is 0 Å². The fourth-order valence-corrected chi connectivity index (χ4v) is 2.69. The van der Waals surface area contributed by atoms with Crippen molar-refractivity contribution in [3.05, 3.63) is 33.9 Å². The molecule has 3 heteroatoms. The van der Waals surface area contributed by atoms with Gasteiger partial charge in [-0.05, 0) is 61.9 Å². The van der Waals surface area contributed by atoms with Gasteiger partial charge in [-0.25, -0.2) is 0 Å². The normalized spacial score (nSPS) is 12.5. The molecular formula is C14H19BrO2. The van der Waals surface area contributed by atoms with Gasteiger partial charge >= 0.3 is 5.97 Å². The Labute approximate surface area is 111 Å². The maximum absolute atomic E-state index is 10.7. The van der Waals surface area contributed by atoms with Crippen LogP contribution in [0, 0.1) is 27.7 Å². The number of rotatable bonds is 4. The van der Waals surface area contributed by atoms with Crippen LogP contribution in [0.3, 0.4) is 0 Å². The van der Waals surface area contributed by atoms with E-state index >= 15 is 0 Å². The lowest BCUT2D eigenvalue weighted by atomic mass is 9.91. The highest BCUT2D eigenvalue weighted by Gasteiger charge is 2.15. The minimum absolute atomic E-state index is 0.00130. The van der Waals surface area contributed by atoms with Gasteiger partial charge in [-0.3, -0.25) is 4.79 Å². The molecule has 0 amide bonds. The first-order chi connectivity index (χ1) is 7.82. The molecule has 1 unspecified atom stereocenters. The third-order valence-corrected chi connectivity index (χ3v) is 3.99. The average molecular weight is 299 g/mol. The van der Waals surface area contributed by atoms with E-state index in [9.17, 15) is 4.79 Å². The first-order valence-electron chi connectivity index (χ1n) is 5.75. The Morgan fingerprint density at radius 2 is 1.71 bits per heavy atom. The van der Waals surface area contributed by atoms with Crippen molar-refractivity contribution >= 4 is 21.9 Å². The SMILES string of the molecule is Cc1cc(C)c(C)c(CC(Br)CC(=O)O)c1C. The Morgan fingerprint density at radius 1 is 1.24 bits per heavy atom. The van der Waals surface area contributed by atoms with Crippen LogP contribution in [0.2, 0.25) is 0 Å². The highest BCUT2D eigenvalue weighted by atomic mass is 79.9. The number of hydrogen-bond acceptors (Lipinski definition) is 1. The van der Waals surface area contributed by atoms with E-state index < -0.39 is 5.97 Å². The first kappa shape index (κ1) is 14.2. The van der Waals surface area contributed by atoms with E-state index in [-0.39, 0.29) is 11.2 Å². The molecule has 0 saturated carbocycles. The van der Waals surface area contributed by atoms with Gasteiger partial charge in [-0.15, -0.1) is 0 Å². The van der Waals surface area contributed by atoms with Gasteiger partial charge in [-0.2, -0.15) is 0 Å². The standard InChI is InChI=1S/C14H19BrO2/c1-8-5-9(2)11(4)13(10(8)3)6-12(15)7-14(16)17/h5,12H,6-7H2,1-4H3,(H,16,17). The lowest BCUT2D eigenvalue weighted by Crippen LogP contribution is -2.12. The maximum Gasteiger partial charge on any atom is 0.304 e. The summed E-state index contributed by atoms with van der Waals surface area (Å²) in [5, 5.41) is 8.78. The van der Waals surface area contributed by atoms with Crippen LogP contribution in [-0.4, -0.2) is 15.9 Å². The van der Waals surface area contributed by atoms with Crippen LogP contribution < -0.4 is 0 Å². The van der Waals surface area contributed by atoms with Gasteiger partial charge < -0.3 is 5.11 Å². The van der Waals surface area contributed by atoms with Crippen molar-refractivity contribution in [3.63, 3.8) is 0 Å². The molecule has 2 nitrogen and oxygen atoms in total. The third kappa shape index (κ3) is 3.56. The van der Waals surface area contributed by atoms with Crippen LogP contribution in [0.25, 0.3) is 0 Å². The second-order valence-corrected chi connectivity index (χ2v) is 5.93. The monoisotopic (exact) mass is 298 g/mol. The summed E-state index contributed by atoms with van der Waals surface area (Å²) in [6, 6.07) is 2.19. The molecule has 1 rings (SSSR count). The zero-order chi connectivity index (χ0) is 13.2. The predicted octanol–water partition coefficient (Wildman–Crippen LogP) is 3.70. The van der Waals surface area contributed by atoms with Crippen molar-refractivity contribution in [3.8, 4) is 0 Å². The number of alkyl halides is 1.